The van der Waals surface area contributed by atoms with E-state index in [-0.39, 0.29) is 0 Å². The summed E-state index contributed by atoms with van der Waals surface area (Å²) >= 11 is 54.1. The molecule has 10 rings (SSSR count). The first-order valence-electron chi connectivity index (χ1n) is 14.7. The molecule has 2 aliphatic carbocycles. The lowest BCUT2D eigenvalue weighted by atomic mass is 10.1. The minimum atomic E-state index is -0.729. The molecule has 18 heteroatoms. The highest BCUT2D eigenvalue weighted by atomic mass is 35.5. The number of fused-ring (bicyclic) bond motifs is 12. The molecule has 0 unspecified atom stereocenters. The van der Waals surface area contributed by atoms with Gasteiger partial charge in [0, 0.05) is 60.5 Å². The molecule has 0 saturated carbocycles. The quantitative estimate of drug-likeness (QED) is 0.142. The molecule has 0 aliphatic heterocycles. The van der Waals surface area contributed by atoms with Crippen LogP contribution in [0.15, 0.2) is 109 Å². The summed E-state index contributed by atoms with van der Waals surface area (Å²) in [5.41, 5.74) is 0. The fourth-order valence-electron chi connectivity index (χ4n) is 5.36. The molecule has 6 heterocycles. The minimum Gasteiger partial charge on any atom is -0.286 e. The van der Waals surface area contributed by atoms with Crippen molar-refractivity contribution in [2.24, 2.45) is 0 Å². The van der Waals surface area contributed by atoms with Gasteiger partial charge in [0.1, 0.15) is 40.3 Å². The van der Waals surface area contributed by atoms with Crippen molar-refractivity contribution >= 4 is 244 Å². The number of hydrogen-bond acceptors (Lipinski definition) is 10. The van der Waals surface area contributed by atoms with Crippen molar-refractivity contribution in [1.82, 2.24) is 0 Å². The number of halogens is 8. The van der Waals surface area contributed by atoms with Crippen molar-refractivity contribution in [3.63, 3.8) is 0 Å². The molecular weight excluding hydrogens is 972 g/mol. The van der Waals surface area contributed by atoms with Crippen molar-refractivity contribution in [3.8, 4) is 0 Å². The van der Waals surface area contributed by atoms with Gasteiger partial charge in [0.25, 0.3) is 0 Å². The zero-order chi connectivity index (χ0) is 38.6. The summed E-state index contributed by atoms with van der Waals surface area (Å²) < 4.78 is 8.67. The van der Waals surface area contributed by atoms with Crippen molar-refractivity contribution in [2.45, 2.75) is 0 Å². The third kappa shape index (κ3) is 7.16. The monoisotopic (exact) mass is 980 g/mol. The maximum atomic E-state index is 11.0. The molecule has 0 amide bonds. The third-order valence-electron chi connectivity index (χ3n) is 7.82. The number of carbonyl (C=O) groups excluding carboxylic acids is 4. The number of carbonyl (C=O) groups is 4. The van der Waals surface area contributed by atoms with Crippen molar-refractivity contribution in [1.29, 1.82) is 0 Å². The van der Waals surface area contributed by atoms with E-state index in [0.717, 1.165) is 0 Å². The fraction of sp³-hybridized carbons (Fsp3) is 0. The van der Waals surface area contributed by atoms with E-state index in [1.54, 1.807) is 0 Å². The number of Topliss-reactive ketones (excluding diaryl/α,β-unsaturated/α-hetero) is 4. The zero-order valence-corrected chi connectivity index (χ0v) is 37.0. The van der Waals surface area contributed by atoms with Gasteiger partial charge in [-0.25, -0.2) is 0 Å². The third-order valence-corrected chi connectivity index (χ3v) is 16.8. The molecular formula is C36H12Cl8O4S6. The van der Waals surface area contributed by atoms with E-state index >= 15 is 0 Å². The molecule has 8 aromatic rings. The highest BCUT2D eigenvalue weighted by Crippen LogP contribution is 2.44. The molecule has 4 nitrogen and oxygen atoms in total. The number of rotatable bonds is 0. The summed E-state index contributed by atoms with van der Waals surface area (Å²) in [4.78, 5) is 44.0. The molecule has 0 atom stereocenters. The lowest BCUT2D eigenvalue weighted by molar-refractivity contribution is -0.114. The zero-order valence-electron chi connectivity index (χ0n) is 26.0. The molecule has 0 spiro atoms. The Bertz CT molecular complexity index is 2300. The lowest BCUT2D eigenvalue weighted by Gasteiger charge is -2.08. The number of ketones is 4. The summed E-state index contributed by atoms with van der Waals surface area (Å²) in [6, 6.07) is 13.5. The van der Waals surface area contributed by atoms with Gasteiger partial charge in [-0.2, -0.15) is 0 Å². The second-order valence-corrected chi connectivity index (χ2v) is 19.3. The standard InChI is InChI=1S/2C12H6S3.2C6Cl4O2/c2*1-4-13-10-7(1)11-9(2-5-14-11)12-8(10)3-6-15-12;2*7-1-2(8)6(12)4(10)3(9)5(1)11/h2*1-6H;;. The number of thiophene rings is 6. The lowest BCUT2D eigenvalue weighted by Crippen LogP contribution is -2.14. The van der Waals surface area contributed by atoms with Gasteiger partial charge >= 0.3 is 0 Å². The van der Waals surface area contributed by atoms with E-state index in [0.29, 0.717) is 0 Å². The topological polar surface area (TPSA) is 68.3 Å². The van der Waals surface area contributed by atoms with Gasteiger partial charge in [-0.3, -0.25) is 19.2 Å². The van der Waals surface area contributed by atoms with Gasteiger partial charge in [-0.05, 0) is 68.7 Å². The second-order valence-electron chi connectivity index (χ2n) is 10.8. The first-order chi connectivity index (χ1) is 25.8. The predicted octanol–water partition coefficient (Wildman–Crippen LogP) is 15.7. The van der Waals surface area contributed by atoms with E-state index in [1.165, 1.54) is 60.5 Å². The molecule has 54 heavy (non-hydrogen) atoms. The molecule has 0 bridgehead atoms. The highest BCUT2D eigenvalue weighted by Gasteiger charge is 2.32. The van der Waals surface area contributed by atoms with E-state index in [9.17, 15) is 19.2 Å². The van der Waals surface area contributed by atoms with Crippen LogP contribution in [-0.4, -0.2) is 23.1 Å². The largest absolute Gasteiger partial charge is 0.286 e. The average molecular weight is 985 g/mol. The number of allylic oxidation sites excluding steroid dienone is 8. The van der Waals surface area contributed by atoms with Gasteiger partial charge in [0.15, 0.2) is 0 Å². The Hall–Kier alpha value is -1.84. The molecule has 6 aromatic heterocycles. The van der Waals surface area contributed by atoms with Crippen LogP contribution < -0.4 is 0 Å². The van der Waals surface area contributed by atoms with Crippen LogP contribution in [0.2, 0.25) is 0 Å². The van der Waals surface area contributed by atoms with Gasteiger partial charge < -0.3 is 0 Å². The SMILES string of the molecule is O=C1C(Cl)=C(Cl)C(=O)C(Cl)=C1Cl.O=C1C(Cl)=C(Cl)C(=O)C(Cl)=C1Cl.c1cc2c(s1)c1ccsc1c1ccsc21.c1cc2c(s1)c1ccsc1c1ccsc21. The number of hydrogen-bond donors (Lipinski definition) is 0. The van der Waals surface area contributed by atoms with Crippen LogP contribution in [0.25, 0.3) is 60.5 Å². The molecule has 2 aromatic carbocycles. The molecule has 0 radical (unpaired) electrons. The van der Waals surface area contributed by atoms with Crippen molar-refractivity contribution in [3.05, 3.63) is 109 Å². The molecule has 0 N–H and O–H groups in total. The van der Waals surface area contributed by atoms with Crippen LogP contribution in [0.3, 0.4) is 0 Å². The molecule has 272 valence electrons. The molecule has 0 saturated heterocycles. The van der Waals surface area contributed by atoms with E-state index < -0.39 is 63.4 Å². The Kier molecular flexibility index (Phi) is 12.4. The van der Waals surface area contributed by atoms with Gasteiger partial charge in [-0.15, -0.1) is 68.0 Å². The first-order valence-corrected chi connectivity index (χ1v) is 23.0. The maximum Gasteiger partial charge on any atom is 0.219 e. The van der Waals surface area contributed by atoms with Crippen LogP contribution in [-0.2, 0) is 19.2 Å². The Balaban J connectivity index is 0.000000112. The van der Waals surface area contributed by atoms with E-state index in [4.69, 9.17) is 92.8 Å². The van der Waals surface area contributed by atoms with Crippen molar-refractivity contribution < 1.29 is 19.2 Å². The summed E-state index contributed by atoms with van der Waals surface area (Å²) in [6.07, 6.45) is 0. The van der Waals surface area contributed by atoms with Gasteiger partial charge in [0.2, 0.25) is 23.1 Å². The average Bonchev–Trinajstić information content (AvgIpc) is 4.02. The van der Waals surface area contributed by atoms with Crippen LogP contribution in [0, 0.1) is 0 Å². The van der Waals surface area contributed by atoms with Crippen molar-refractivity contribution in [2.75, 3.05) is 0 Å². The minimum absolute atomic E-state index is 0.393. The Morgan fingerprint density at radius 1 is 0.259 bits per heavy atom. The van der Waals surface area contributed by atoms with Gasteiger partial charge in [-0.1, -0.05) is 92.8 Å². The Morgan fingerprint density at radius 3 is 0.519 bits per heavy atom. The molecule has 2 aliphatic rings. The smallest absolute Gasteiger partial charge is 0.219 e. The first kappa shape index (κ1) is 40.4. The second kappa shape index (κ2) is 16.6. The highest BCUT2D eigenvalue weighted by molar-refractivity contribution is 7.26. The summed E-state index contributed by atoms with van der Waals surface area (Å²) in [5.74, 6) is -2.92. The predicted molar refractivity (Wildman–Crippen MR) is 240 cm³/mol. The Morgan fingerprint density at radius 2 is 0.389 bits per heavy atom. The van der Waals surface area contributed by atoms with Gasteiger partial charge in [0.05, 0.1) is 0 Å². The number of benzene rings is 2. The maximum absolute atomic E-state index is 11.0. The fourth-order valence-corrected chi connectivity index (χ4v) is 13.0. The van der Waals surface area contributed by atoms with E-state index in [1.807, 2.05) is 68.0 Å². The van der Waals surface area contributed by atoms with Crippen LogP contribution in [0.1, 0.15) is 0 Å². The molecule has 0 fully saturated rings. The summed E-state index contributed by atoms with van der Waals surface area (Å²) in [6.45, 7) is 0. The summed E-state index contributed by atoms with van der Waals surface area (Å²) in [7, 11) is 0. The Labute approximate surface area is 368 Å². The van der Waals surface area contributed by atoms with Crippen LogP contribution >= 0.6 is 161 Å². The normalized spacial score (nSPS) is 15.3. The summed E-state index contributed by atoms with van der Waals surface area (Å²) in [5, 5.41) is 18.6. The van der Waals surface area contributed by atoms with Crippen LogP contribution in [0.5, 0.6) is 0 Å². The van der Waals surface area contributed by atoms with Crippen LogP contribution in [0.4, 0.5) is 0 Å². The van der Waals surface area contributed by atoms with E-state index in [2.05, 4.69) is 68.7 Å².